The van der Waals surface area contributed by atoms with E-state index in [1.54, 1.807) is 32.9 Å². The molecule has 0 amide bonds. The molecule has 0 radical (unpaired) electrons. The Balaban J connectivity index is 0.000000486. The standard InChI is InChI=1S/C9H13NO3S.C4H9NO2/c1-6-4-7(2)9(8(3)5-6)14(11,12)13-10;1-3-7-4(2)5-6/h4-5H,10H2,1-3H3;6H,3H2,1-2H3. The predicted molar refractivity (Wildman–Crippen MR) is 79.6 cm³/mol. The SMILES string of the molecule is CCOC(C)=NO.Cc1cc(C)c(S(=O)(=O)ON)c(C)c1. The van der Waals surface area contributed by atoms with Crippen LogP contribution < -0.4 is 5.90 Å². The third-order valence-electron chi connectivity index (χ3n) is 2.48. The highest BCUT2D eigenvalue weighted by Crippen LogP contribution is 2.22. The van der Waals surface area contributed by atoms with E-state index < -0.39 is 10.1 Å². The molecule has 0 atom stereocenters. The zero-order valence-electron chi connectivity index (χ0n) is 12.9. The summed E-state index contributed by atoms with van der Waals surface area (Å²) in [4.78, 5) is 0.158. The molecule has 0 aliphatic carbocycles. The van der Waals surface area contributed by atoms with Gasteiger partial charge >= 0.3 is 10.1 Å². The van der Waals surface area contributed by atoms with Crippen LogP contribution in [0, 0.1) is 20.8 Å². The first-order valence-electron chi connectivity index (χ1n) is 6.22. The van der Waals surface area contributed by atoms with Gasteiger partial charge in [-0.05, 0) is 38.8 Å². The average Bonchev–Trinajstić information content (AvgIpc) is 2.38. The van der Waals surface area contributed by atoms with E-state index in [2.05, 4.69) is 9.44 Å². The van der Waals surface area contributed by atoms with Crippen LogP contribution >= 0.6 is 0 Å². The minimum absolute atomic E-state index is 0.158. The zero-order valence-corrected chi connectivity index (χ0v) is 13.7. The molecular weight excluding hydrogens is 296 g/mol. The molecule has 7 nitrogen and oxygen atoms in total. The van der Waals surface area contributed by atoms with Crippen molar-refractivity contribution in [3.05, 3.63) is 28.8 Å². The Bertz CT molecular complexity index is 574. The quantitative estimate of drug-likeness (QED) is 0.382. The fourth-order valence-electron chi connectivity index (χ4n) is 1.85. The molecule has 0 fully saturated rings. The second kappa shape index (κ2) is 8.60. The van der Waals surface area contributed by atoms with Gasteiger partial charge < -0.3 is 9.94 Å². The molecule has 1 aromatic carbocycles. The first kappa shape index (κ1) is 19.4. The number of benzene rings is 1. The Hall–Kier alpha value is -1.64. The van der Waals surface area contributed by atoms with Crippen LogP contribution in [0.1, 0.15) is 30.5 Å². The van der Waals surface area contributed by atoms with Crippen LogP contribution in [-0.2, 0) is 19.1 Å². The zero-order chi connectivity index (χ0) is 16.6. The molecule has 1 aromatic rings. The van der Waals surface area contributed by atoms with E-state index >= 15 is 0 Å². The van der Waals surface area contributed by atoms with Crippen LogP contribution in [0.5, 0.6) is 0 Å². The molecule has 3 N–H and O–H groups in total. The Morgan fingerprint density at radius 1 is 1.29 bits per heavy atom. The summed E-state index contributed by atoms with van der Waals surface area (Å²) in [7, 11) is -3.80. The van der Waals surface area contributed by atoms with Gasteiger partial charge in [0.25, 0.3) is 0 Å². The number of ether oxygens (including phenoxy) is 1. The number of nitrogens with two attached hydrogens (primary N) is 1. The highest BCUT2D eigenvalue weighted by Gasteiger charge is 2.19. The maximum atomic E-state index is 11.4. The molecule has 0 bridgehead atoms. The van der Waals surface area contributed by atoms with Gasteiger partial charge in [-0.15, -0.1) is 0 Å². The Morgan fingerprint density at radius 2 is 1.76 bits per heavy atom. The monoisotopic (exact) mass is 318 g/mol. The van der Waals surface area contributed by atoms with Crippen molar-refractivity contribution in [2.24, 2.45) is 11.1 Å². The van der Waals surface area contributed by atoms with Crippen LogP contribution in [-0.4, -0.2) is 26.1 Å². The summed E-state index contributed by atoms with van der Waals surface area (Å²) in [5.41, 5.74) is 2.30. The lowest BCUT2D eigenvalue weighted by Crippen LogP contribution is -2.14. The largest absolute Gasteiger partial charge is 0.479 e. The Labute approximate surface area is 125 Å². The van der Waals surface area contributed by atoms with Crippen molar-refractivity contribution in [3.63, 3.8) is 0 Å². The van der Waals surface area contributed by atoms with Crippen molar-refractivity contribution in [1.29, 1.82) is 0 Å². The lowest BCUT2D eigenvalue weighted by molar-refractivity contribution is 0.263. The van der Waals surface area contributed by atoms with Crippen LogP contribution in [0.15, 0.2) is 22.2 Å². The van der Waals surface area contributed by atoms with Crippen LogP contribution in [0.25, 0.3) is 0 Å². The number of oxime groups is 1. The van der Waals surface area contributed by atoms with Gasteiger partial charge in [0.2, 0.25) is 5.90 Å². The third kappa shape index (κ3) is 6.11. The minimum atomic E-state index is -3.80. The average molecular weight is 318 g/mol. The third-order valence-corrected chi connectivity index (χ3v) is 3.87. The fraction of sp³-hybridized carbons (Fsp3) is 0.462. The number of nitrogens with zero attached hydrogens (tertiary/aromatic N) is 1. The topological polar surface area (TPSA) is 111 Å². The number of hydrogen-bond donors (Lipinski definition) is 2. The maximum Gasteiger partial charge on any atom is 0.313 e. The van der Waals surface area contributed by atoms with Gasteiger partial charge in [0.05, 0.1) is 6.61 Å². The molecule has 8 heteroatoms. The van der Waals surface area contributed by atoms with E-state index in [1.165, 1.54) is 0 Å². The summed E-state index contributed by atoms with van der Waals surface area (Å²) in [6.45, 7) is 9.30. The van der Waals surface area contributed by atoms with Crippen molar-refractivity contribution >= 4 is 16.0 Å². The summed E-state index contributed by atoms with van der Waals surface area (Å²) < 4.78 is 31.5. The summed E-state index contributed by atoms with van der Waals surface area (Å²) >= 11 is 0. The van der Waals surface area contributed by atoms with Crippen LogP contribution in [0.2, 0.25) is 0 Å². The number of aryl methyl sites for hydroxylation is 3. The summed E-state index contributed by atoms with van der Waals surface area (Å²) in [5, 5.41) is 10.7. The normalized spacial score (nSPS) is 11.6. The lowest BCUT2D eigenvalue weighted by Gasteiger charge is -2.09. The molecule has 120 valence electrons. The van der Waals surface area contributed by atoms with Gasteiger partial charge in [0.1, 0.15) is 4.90 Å². The molecule has 1 rings (SSSR count). The lowest BCUT2D eigenvalue weighted by atomic mass is 10.1. The minimum Gasteiger partial charge on any atom is -0.479 e. The predicted octanol–water partition coefficient (Wildman–Crippen LogP) is 2.02. The highest BCUT2D eigenvalue weighted by atomic mass is 32.2. The van der Waals surface area contributed by atoms with E-state index in [4.69, 9.17) is 15.8 Å². The highest BCUT2D eigenvalue weighted by molar-refractivity contribution is 7.86. The van der Waals surface area contributed by atoms with Crippen molar-refractivity contribution < 1.29 is 22.6 Å². The Kier molecular flexibility index (Phi) is 7.93. The van der Waals surface area contributed by atoms with E-state index in [1.807, 2.05) is 13.8 Å². The van der Waals surface area contributed by atoms with E-state index in [9.17, 15) is 8.42 Å². The van der Waals surface area contributed by atoms with E-state index in [0.29, 0.717) is 23.6 Å². The van der Waals surface area contributed by atoms with Gasteiger partial charge in [-0.25, -0.2) is 0 Å². The van der Waals surface area contributed by atoms with E-state index in [-0.39, 0.29) is 4.90 Å². The molecule has 21 heavy (non-hydrogen) atoms. The van der Waals surface area contributed by atoms with Gasteiger partial charge in [0, 0.05) is 6.92 Å². The molecule has 0 spiro atoms. The summed E-state index contributed by atoms with van der Waals surface area (Å²) in [6.07, 6.45) is 0. The van der Waals surface area contributed by atoms with Gasteiger partial charge in [-0.1, -0.05) is 22.9 Å². The van der Waals surface area contributed by atoms with E-state index in [0.717, 1.165) is 5.56 Å². The molecule has 0 heterocycles. The summed E-state index contributed by atoms with van der Waals surface area (Å²) in [5.74, 6) is 5.03. The van der Waals surface area contributed by atoms with Crippen molar-refractivity contribution in [2.45, 2.75) is 39.5 Å². The second-order valence-corrected chi connectivity index (χ2v) is 5.84. The smallest absolute Gasteiger partial charge is 0.313 e. The van der Waals surface area contributed by atoms with Crippen molar-refractivity contribution in [1.82, 2.24) is 0 Å². The molecule has 0 aliphatic rings. The van der Waals surface area contributed by atoms with Crippen molar-refractivity contribution in [3.8, 4) is 0 Å². The summed E-state index contributed by atoms with van der Waals surface area (Å²) in [6, 6.07) is 3.55. The molecule has 0 aliphatic heterocycles. The molecular formula is C13H22N2O5S. The van der Waals surface area contributed by atoms with Crippen LogP contribution in [0.3, 0.4) is 0 Å². The molecule has 0 aromatic heterocycles. The van der Waals surface area contributed by atoms with Crippen molar-refractivity contribution in [2.75, 3.05) is 6.61 Å². The molecule has 0 saturated heterocycles. The first-order valence-corrected chi connectivity index (χ1v) is 7.63. The first-order chi connectivity index (χ1) is 9.69. The fourth-order valence-corrected chi connectivity index (χ4v) is 2.85. The van der Waals surface area contributed by atoms with Gasteiger partial charge in [-0.3, -0.25) is 0 Å². The maximum absolute atomic E-state index is 11.4. The van der Waals surface area contributed by atoms with Gasteiger partial charge in [-0.2, -0.15) is 18.6 Å². The van der Waals surface area contributed by atoms with Crippen LogP contribution in [0.4, 0.5) is 0 Å². The second-order valence-electron chi connectivity index (χ2n) is 4.33. The van der Waals surface area contributed by atoms with Gasteiger partial charge in [0.15, 0.2) is 0 Å². The number of hydrogen-bond acceptors (Lipinski definition) is 7. The number of rotatable bonds is 3. The Morgan fingerprint density at radius 3 is 2.05 bits per heavy atom. The molecule has 0 saturated carbocycles. The molecule has 0 unspecified atom stereocenters.